The lowest BCUT2D eigenvalue weighted by Gasteiger charge is -2.11. The monoisotopic (exact) mass is 321 g/mol. The van der Waals surface area contributed by atoms with Gasteiger partial charge in [-0.2, -0.15) is 5.10 Å². The molecule has 2 aromatic rings. The van der Waals surface area contributed by atoms with Crippen LogP contribution in [-0.4, -0.2) is 16.3 Å². The number of nitrogens with zero attached hydrogens (tertiary/aromatic N) is 2. The number of nitrogens with one attached hydrogen (secondary N) is 1. The highest BCUT2D eigenvalue weighted by Gasteiger charge is 2.03. The Morgan fingerprint density at radius 1 is 1.37 bits per heavy atom. The molecule has 0 spiro atoms. The van der Waals surface area contributed by atoms with Crippen LogP contribution in [0.3, 0.4) is 0 Å². The first-order valence-corrected chi connectivity index (χ1v) is 7.36. The molecule has 0 aliphatic carbocycles. The first kappa shape index (κ1) is 14.3. The maximum absolute atomic E-state index is 4.30. The molecule has 4 heteroatoms. The molecule has 0 radical (unpaired) electrons. The van der Waals surface area contributed by atoms with Crippen LogP contribution in [0.1, 0.15) is 25.0 Å². The van der Waals surface area contributed by atoms with Crippen LogP contribution in [0.15, 0.2) is 35.1 Å². The Kier molecular flexibility index (Phi) is 4.77. The SMILES string of the molecule is Cc1cc(-n2cc(Br)cn2)ccc1CNCC(C)C. The summed E-state index contributed by atoms with van der Waals surface area (Å²) in [5.41, 5.74) is 3.73. The first-order chi connectivity index (χ1) is 9.06. The molecule has 0 aliphatic heterocycles. The molecule has 0 aliphatic rings. The van der Waals surface area contributed by atoms with Crippen LogP contribution in [0.5, 0.6) is 0 Å². The van der Waals surface area contributed by atoms with Crippen LogP contribution in [-0.2, 0) is 6.54 Å². The molecule has 1 aromatic heterocycles. The van der Waals surface area contributed by atoms with Gasteiger partial charge in [0.2, 0.25) is 0 Å². The minimum absolute atomic E-state index is 0.681. The summed E-state index contributed by atoms with van der Waals surface area (Å²) in [4.78, 5) is 0. The van der Waals surface area contributed by atoms with E-state index in [4.69, 9.17) is 0 Å². The molecule has 102 valence electrons. The van der Waals surface area contributed by atoms with Crippen molar-refractivity contribution in [2.24, 2.45) is 5.92 Å². The molecule has 1 heterocycles. The lowest BCUT2D eigenvalue weighted by Crippen LogP contribution is -2.19. The summed E-state index contributed by atoms with van der Waals surface area (Å²) in [6.07, 6.45) is 3.76. The van der Waals surface area contributed by atoms with Crippen molar-refractivity contribution in [1.82, 2.24) is 15.1 Å². The number of benzene rings is 1. The molecule has 3 nitrogen and oxygen atoms in total. The minimum Gasteiger partial charge on any atom is -0.312 e. The fourth-order valence-corrected chi connectivity index (χ4v) is 2.24. The highest BCUT2D eigenvalue weighted by Crippen LogP contribution is 2.16. The minimum atomic E-state index is 0.681. The largest absolute Gasteiger partial charge is 0.312 e. The predicted octanol–water partition coefficient (Wildman–Crippen LogP) is 3.69. The molecular weight excluding hydrogens is 302 g/mol. The van der Waals surface area contributed by atoms with Crippen LogP contribution >= 0.6 is 15.9 Å². The smallest absolute Gasteiger partial charge is 0.0648 e. The second kappa shape index (κ2) is 6.35. The zero-order valence-electron chi connectivity index (χ0n) is 11.7. The Balaban J connectivity index is 2.09. The van der Waals surface area contributed by atoms with E-state index in [-0.39, 0.29) is 0 Å². The summed E-state index contributed by atoms with van der Waals surface area (Å²) in [6.45, 7) is 8.56. The average molecular weight is 322 g/mol. The van der Waals surface area contributed by atoms with Crippen molar-refractivity contribution < 1.29 is 0 Å². The summed E-state index contributed by atoms with van der Waals surface area (Å²) < 4.78 is 2.87. The Hall–Kier alpha value is -1.13. The van der Waals surface area contributed by atoms with Gasteiger partial charge in [-0.15, -0.1) is 0 Å². The van der Waals surface area contributed by atoms with Gasteiger partial charge in [0.05, 0.1) is 16.4 Å². The molecule has 1 N–H and O–H groups in total. The van der Waals surface area contributed by atoms with Crippen molar-refractivity contribution in [2.75, 3.05) is 6.54 Å². The number of hydrogen-bond donors (Lipinski definition) is 1. The van der Waals surface area contributed by atoms with E-state index in [2.05, 4.69) is 65.3 Å². The number of aromatic nitrogens is 2. The van der Waals surface area contributed by atoms with Crippen LogP contribution in [0.4, 0.5) is 0 Å². The third-order valence-electron chi connectivity index (χ3n) is 3.01. The first-order valence-electron chi connectivity index (χ1n) is 6.57. The predicted molar refractivity (Wildman–Crippen MR) is 82.5 cm³/mol. The second-order valence-electron chi connectivity index (χ2n) is 5.24. The van der Waals surface area contributed by atoms with Gasteiger partial charge in [0, 0.05) is 12.7 Å². The molecule has 0 atom stereocenters. The van der Waals surface area contributed by atoms with E-state index in [0.29, 0.717) is 5.92 Å². The number of aryl methyl sites for hydroxylation is 1. The summed E-state index contributed by atoms with van der Waals surface area (Å²) >= 11 is 3.42. The lowest BCUT2D eigenvalue weighted by atomic mass is 10.1. The van der Waals surface area contributed by atoms with E-state index in [0.717, 1.165) is 23.2 Å². The molecular formula is C15H20BrN3. The highest BCUT2D eigenvalue weighted by atomic mass is 79.9. The van der Waals surface area contributed by atoms with Gasteiger partial charge >= 0.3 is 0 Å². The zero-order valence-corrected chi connectivity index (χ0v) is 13.2. The Morgan fingerprint density at radius 2 is 2.16 bits per heavy atom. The molecule has 1 aromatic carbocycles. The summed E-state index contributed by atoms with van der Waals surface area (Å²) in [5, 5.41) is 7.77. The Morgan fingerprint density at radius 3 is 2.74 bits per heavy atom. The van der Waals surface area contributed by atoms with Gasteiger partial charge in [-0.05, 0) is 58.6 Å². The molecule has 0 fully saturated rings. The maximum atomic E-state index is 4.30. The second-order valence-corrected chi connectivity index (χ2v) is 6.15. The molecule has 0 bridgehead atoms. The summed E-state index contributed by atoms with van der Waals surface area (Å²) in [6, 6.07) is 6.46. The average Bonchev–Trinajstić information content (AvgIpc) is 2.77. The van der Waals surface area contributed by atoms with Crippen LogP contribution in [0.2, 0.25) is 0 Å². The van der Waals surface area contributed by atoms with E-state index in [1.54, 1.807) is 6.20 Å². The Bertz CT molecular complexity index is 546. The van der Waals surface area contributed by atoms with Crippen LogP contribution < -0.4 is 5.32 Å². The standard InChI is InChI=1S/C15H20BrN3/c1-11(2)7-17-8-13-4-5-15(6-12(13)3)19-10-14(16)9-18-19/h4-6,9-11,17H,7-8H2,1-3H3. The summed E-state index contributed by atoms with van der Waals surface area (Å²) in [7, 11) is 0. The Labute approximate surface area is 123 Å². The molecule has 0 saturated heterocycles. The van der Waals surface area contributed by atoms with Crippen molar-refractivity contribution in [3.05, 3.63) is 46.2 Å². The number of rotatable bonds is 5. The molecule has 19 heavy (non-hydrogen) atoms. The van der Waals surface area contributed by atoms with Gasteiger partial charge in [0.25, 0.3) is 0 Å². The third-order valence-corrected chi connectivity index (χ3v) is 3.42. The van der Waals surface area contributed by atoms with E-state index in [9.17, 15) is 0 Å². The van der Waals surface area contributed by atoms with Crippen molar-refractivity contribution in [3.63, 3.8) is 0 Å². The quantitative estimate of drug-likeness (QED) is 0.910. The normalized spacial score (nSPS) is 11.2. The van der Waals surface area contributed by atoms with E-state index < -0.39 is 0 Å². The van der Waals surface area contributed by atoms with E-state index in [1.807, 2.05) is 10.9 Å². The highest BCUT2D eigenvalue weighted by molar-refractivity contribution is 9.10. The molecule has 0 unspecified atom stereocenters. The van der Waals surface area contributed by atoms with Gasteiger partial charge in [0.15, 0.2) is 0 Å². The number of hydrogen-bond acceptors (Lipinski definition) is 2. The topological polar surface area (TPSA) is 29.9 Å². The van der Waals surface area contributed by atoms with Gasteiger partial charge in [0.1, 0.15) is 0 Å². The van der Waals surface area contributed by atoms with Crippen LogP contribution in [0.25, 0.3) is 5.69 Å². The van der Waals surface area contributed by atoms with E-state index >= 15 is 0 Å². The molecule has 0 amide bonds. The van der Waals surface area contributed by atoms with E-state index in [1.165, 1.54) is 11.1 Å². The van der Waals surface area contributed by atoms with Crippen molar-refractivity contribution in [3.8, 4) is 5.69 Å². The maximum Gasteiger partial charge on any atom is 0.0648 e. The molecule has 2 rings (SSSR count). The number of halogens is 1. The van der Waals surface area contributed by atoms with Gasteiger partial charge in [-0.25, -0.2) is 4.68 Å². The third kappa shape index (κ3) is 3.91. The zero-order chi connectivity index (χ0) is 13.8. The van der Waals surface area contributed by atoms with Gasteiger partial charge in [-0.3, -0.25) is 0 Å². The van der Waals surface area contributed by atoms with Crippen molar-refractivity contribution in [1.29, 1.82) is 0 Å². The van der Waals surface area contributed by atoms with Crippen molar-refractivity contribution >= 4 is 15.9 Å². The lowest BCUT2D eigenvalue weighted by molar-refractivity contribution is 0.551. The van der Waals surface area contributed by atoms with Crippen LogP contribution in [0, 0.1) is 12.8 Å². The van der Waals surface area contributed by atoms with Crippen molar-refractivity contribution in [2.45, 2.75) is 27.3 Å². The molecule has 0 saturated carbocycles. The van der Waals surface area contributed by atoms with Gasteiger partial charge < -0.3 is 5.32 Å². The fraction of sp³-hybridized carbons (Fsp3) is 0.400. The van der Waals surface area contributed by atoms with Gasteiger partial charge in [-0.1, -0.05) is 19.9 Å². The fourth-order valence-electron chi connectivity index (χ4n) is 1.96. The summed E-state index contributed by atoms with van der Waals surface area (Å²) in [5.74, 6) is 0.681.